The average molecular weight is 341 g/mol. The number of hydrogen-bond donors (Lipinski definition) is 1. The molecule has 1 N–H and O–H groups in total. The van der Waals surface area contributed by atoms with Crippen molar-refractivity contribution in [3.05, 3.63) is 28.7 Å². The molecule has 0 saturated carbocycles. The highest BCUT2D eigenvalue weighted by Crippen LogP contribution is 2.20. The molecule has 1 atom stereocenters. The van der Waals surface area contributed by atoms with Crippen LogP contribution in [0.25, 0.3) is 0 Å². The van der Waals surface area contributed by atoms with Crippen molar-refractivity contribution in [3.8, 4) is 0 Å². The van der Waals surface area contributed by atoms with Gasteiger partial charge in [0.05, 0.1) is 4.90 Å². The van der Waals surface area contributed by atoms with Crippen molar-refractivity contribution in [1.82, 2.24) is 4.72 Å². The van der Waals surface area contributed by atoms with Crippen molar-refractivity contribution in [3.63, 3.8) is 0 Å². The quantitative estimate of drug-likeness (QED) is 0.837. The smallest absolute Gasteiger partial charge is 0.207 e. The summed E-state index contributed by atoms with van der Waals surface area (Å²) in [5, 5.41) is 0. The van der Waals surface area contributed by atoms with Crippen molar-refractivity contribution < 1.29 is 8.42 Å². The summed E-state index contributed by atoms with van der Waals surface area (Å²) >= 11 is 9.05. The first kappa shape index (κ1) is 15.0. The Labute approximate surface area is 116 Å². The fraction of sp³-hybridized carbons (Fsp3) is 0.455. The summed E-state index contributed by atoms with van der Waals surface area (Å²) in [4.78, 5) is 0.233. The van der Waals surface area contributed by atoms with Gasteiger partial charge in [-0.25, -0.2) is 13.1 Å². The maximum absolute atomic E-state index is 12.1. The molecule has 0 bridgehead atoms. The van der Waals surface area contributed by atoms with Crippen LogP contribution in [0.1, 0.15) is 20.3 Å². The predicted octanol–water partition coefficient (Wildman–Crippen LogP) is 3.13. The predicted molar refractivity (Wildman–Crippen MR) is 73.9 cm³/mol. The van der Waals surface area contributed by atoms with E-state index in [-0.39, 0.29) is 10.8 Å². The Morgan fingerprint density at radius 3 is 2.59 bits per heavy atom. The molecule has 0 heterocycles. The molecule has 0 spiro atoms. The van der Waals surface area contributed by atoms with Crippen LogP contribution in [0, 0.1) is 0 Å². The third-order valence-corrected chi connectivity index (χ3v) is 5.28. The third-order valence-electron chi connectivity index (χ3n) is 2.56. The van der Waals surface area contributed by atoms with Gasteiger partial charge >= 0.3 is 0 Å². The molecule has 0 saturated heterocycles. The molecular weight excluding hydrogens is 326 g/mol. The number of hydrogen-bond acceptors (Lipinski definition) is 2. The lowest BCUT2D eigenvalue weighted by Crippen LogP contribution is -2.46. The van der Waals surface area contributed by atoms with Crippen LogP contribution in [0.3, 0.4) is 0 Å². The summed E-state index contributed by atoms with van der Waals surface area (Å²) in [5.74, 6) is 0.233. The van der Waals surface area contributed by atoms with E-state index in [0.717, 1.165) is 4.47 Å². The highest BCUT2D eigenvalue weighted by atomic mass is 79.9. The lowest BCUT2D eigenvalue weighted by Gasteiger charge is -2.26. The molecule has 0 aliphatic rings. The van der Waals surface area contributed by atoms with Crippen molar-refractivity contribution in [2.24, 2.45) is 0 Å². The Balaban J connectivity index is 3.05. The van der Waals surface area contributed by atoms with Crippen molar-refractivity contribution >= 4 is 37.6 Å². The first-order valence-electron chi connectivity index (χ1n) is 5.18. The minimum absolute atomic E-state index is 0.233. The van der Waals surface area contributed by atoms with E-state index in [1.165, 1.54) is 0 Å². The fourth-order valence-electron chi connectivity index (χ4n) is 1.21. The van der Waals surface area contributed by atoms with Gasteiger partial charge in [-0.1, -0.05) is 28.9 Å². The lowest BCUT2D eigenvalue weighted by molar-refractivity contribution is 0.444. The van der Waals surface area contributed by atoms with Crippen LogP contribution in [-0.4, -0.2) is 19.8 Å². The second-order valence-electron chi connectivity index (χ2n) is 4.11. The largest absolute Gasteiger partial charge is 0.241 e. The zero-order valence-corrected chi connectivity index (χ0v) is 12.9. The minimum Gasteiger partial charge on any atom is -0.207 e. The van der Waals surface area contributed by atoms with E-state index < -0.39 is 15.6 Å². The summed E-state index contributed by atoms with van der Waals surface area (Å²) in [6.07, 6.45) is 0.629. The van der Waals surface area contributed by atoms with E-state index in [4.69, 9.17) is 11.6 Å². The van der Waals surface area contributed by atoms with Gasteiger partial charge in [0.1, 0.15) is 0 Å². The second-order valence-corrected chi connectivity index (χ2v) is 6.98. The van der Waals surface area contributed by atoms with Gasteiger partial charge < -0.3 is 0 Å². The summed E-state index contributed by atoms with van der Waals surface area (Å²) in [6.45, 7) is 3.68. The van der Waals surface area contributed by atoms with E-state index in [0.29, 0.717) is 6.42 Å². The van der Waals surface area contributed by atoms with Crippen molar-refractivity contribution in [2.45, 2.75) is 30.7 Å². The van der Waals surface area contributed by atoms with Crippen molar-refractivity contribution in [2.75, 3.05) is 5.88 Å². The molecular formula is C11H15BrClNO2S. The van der Waals surface area contributed by atoms with Crippen LogP contribution in [0.4, 0.5) is 0 Å². The first-order chi connectivity index (χ1) is 7.83. The number of nitrogens with one attached hydrogen (secondary N) is 1. The Hall–Kier alpha value is -0.100. The van der Waals surface area contributed by atoms with Gasteiger partial charge in [-0.2, -0.15) is 0 Å². The second kappa shape index (κ2) is 5.69. The third kappa shape index (κ3) is 3.95. The Kier molecular flexibility index (Phi) is 5.01. The maximum Gasteiger partial charge on any atom is 0.241 e. The number of benzene rings is 1. The Bertz CT molecular complexity index is 486. The van der Waals surface area contributed by atoms with Gasteiger partial charge in [-0.05, 0) is 31.5 Å². The SMILES string of the molecule is CCC(C)(CCl)NS(=O)(=O)c1cccc(Br)c1. The van der Waals surface area contributed by atoms with Crippen LogP contribution in [0.2, 0.25) is 0 Å². The van der Waals surface area contributed by atoms with Crippen LogP contribution in [0.5, 0.6) is 0 Å². The molecule has 3 nitrogen and oxygen atoms in total. The zero-order valence-electron chi connectivity index (χ0n) is 9.70. The van der Waals surface area contributed by atoms with E-state index in [1.807, 2.05) is 6.92 Å². The molecule has 96 valence electrons. The monoisotopic (exact) mass is 339 g/mol. The molecule has 0 radical (unpaired) electrons. The number of alkyl halides is 1. The fourth-order valence-corrected chi connectivity index (χ4v) is 3.62. The molecule has 1 unspecified atom stereocenters. The Morgan fingerprint density at radius 2 is 2.12 bits per heavy atom. The van der Waals surface area contributed by atoms with E-state index in [2.05, 4.69) is 20.7 Å². The van der Waals surface area contributed by atoms with Gasteiger partial charge in [0.25, 0.3) is 0 Å². The van der Waals surface area contributed by atoms with Crippen LogP contribution < -0.4 is 4.72 Å². The molecule has 0 aliphatic heterocycles. The van der Waals surface area contributed by atoms with Crippen LogP contribution in [0.15, 0.2) is 33.6 Å². The zero-order chi connectivity index (χ0) is 13.1. The van der Waals surface area contributed by atoms with Crippen LogP contribution in [-0.2, 0) is 10.0 Å². The normalized spacial score (nSPS) is 15.5. The molecule has 6 heteroatoms. The van der Waals surface area contributed by atoms with E-state index >= 15 is 0 Å². The molecule has 0 aromatic heterocycles. The Morgan fingerprint density at radius 1 is 1.47 bits per heavy atom. The lowest BCUT2D eigenvalue weighted by atomic mass is 10.0. The first-order valence-corrected chi connectivity index (χ1v) is 7.99. The van der Waals surface area contributed by atoms with Gasteiger partial charge in [0, 0.05) is 15.9 Å². The summed E-state index contributed by atoms with van der Waals surface area (Å²) in [6, 6.07) is 6.58. The van der Waals surface area contributed by atoms with E-state index in [9.17, 15) is 8.42 Å². The summed E-state index contributed by atoms with van der Waals surface area (Å²) in [5.41, 5.74) is -0.622. The topological polar surface area (TPSA) is 46.2 Å². The molecule has 1 rings (SSSR count). The van der Waals surface area contributed by atoms with E-state index in [1.54, 1.807) is 31.2 Å². The van der Waals surface area contributed by atoms with Gasteiger partial charge in [0.15, 0.2) is 0 Å². The van der Waals surface area contributed by atoms with Gasteiger partial charge in [-0.3, -0.25) is 0 Å². The molecule has 0 aliphatic carbocycles. The summed E-state index contributed by atoms with van der Waals surface area (Å²) in [7, 11) is -3.53. The van der Waals surface area contributed by atoms with Crippen molar-refractivity contribution in [1.29, 1.82) is 0 Å². The maximum atomic E-state index is 12.1. The highest BCUT2D eigenvalue weighted by Gasteiger charge is 2.28. The average Bonchev–Trinajstić information content (AvgIpc) is 2.28. The highest BCUT2D eigenvalue weighted by molar-refractivity contribution is 9.10. The molecule has 17 heavy (non-hydrogen) atoms. The number of sulfonamides is 1. The summed E-state index contributed by atoms with van der Waals surface area (Å²) < 4.78 is 27.6. The molecule has 1 aromatic carbocycles. The minimum atomic E-state index is -3.53. The standard InChI is InChI=1S/C11H15BrClNO2S/c1-3-11(2,8-13)14-17(15,16)10-6-4-5-9(12)7-10/h4-7,14H,3,8H2,1-2H3. The van der Waals surface area contributed by atoms with Gasteiger partial charge in [0.2, 0.25) is 10.0 Å². The number of rotatable bonds is 5. The van der Waals surface area contributed by atoms with Crippen LogP contribution >= 0.6 is 27.5 Å². The van der Waals surface area contributed by atoms with Gasteiger partial charge in [-0.15, -0.1) is 11.6 Å². The molecule has 1 aromatic rings. The molecule has 0 fully saturated rings. The number of halogens is 2. The molecule has 0 amide bonds.